The van der Waals surface area contributed by atoms with Gasteiger partial charge in [0.2, 0.25) is 12.4 Å². The smallest absolute Gasteiger partial charge is 0.573 e. The molecule has 0 fully saturated rings. The van der Waals surface area contributed by atoms with E-state index >= 15 is 0 Å². The molecule has 266 valence electrons. The Morgan fingerprint density at radius 3 is 1.39 bits per heavy atom. The first-order chi connectivity index (χ1) is 24.2. The quantitative estimate of drug-likeness (QED) is 0.0670. The molecule has 5 rings (SSSR count). The molecule has 51 heavy (non-hydrogen) atoms. The summed E-state index contributed by atoms with van der Waals surface area (Å²) < 4.78 is 92.4. The van der Waals surface area contributed by atoms with Gasteiger partial charge < -0.3 is 24.1 Å². The average molecular weight is 715 g/mol. The van der Waals surface area contributed by atoms with Crippen LogP contribution in [-0.4, -0.2) is 24.8 Å². The molecule has 0 bridgehead atoms. The molecule has 1 heterocycles. The summed E-state index contributed by atoms with van der Waals surface area (Å²) in [5, 5.41) is 16.1. The van der Waals surface area contributed by atoms with E-state index in [1.807, 2.05) is 37.3 Å². The molecule has 0 saturated carbocycles. The Bertz CT molecular complexity index is 1830. The van der Waals surface area contributed by atoms with Gasteiger partial charge in [-0.05, 0) is 77.2 Å². The Labute approximate surface area is 287 Å². The first kappa shape index (κ1) is 39.1. The SMILES string of the molecule is Cc1ccc(COc2ccc(OC(F)(F)F)cc2)cc1.O=C=O.[O-]C(=N[n+]1ccccc1)c1ccc(COc2ccc(OC(F)(F)F)cc2)cc1. The fraction of sp³-hybridized carbons (Fsp3) is 0.139. The summed E-state index contributed by atoms with van der Waals surface area (Å²) in [5.41, 5.74) is 3.36. The average Bonchev–Trinajstić information content (AvgIpc) is 3.08. The van der Waals surface area contributed by atoms with Crippen LogP contribution < -0.4 is 28.7 Å². The second-order valence-corrected chi connectivity index (χ2v) is 10.0. The lowest BCUT2D eigenvalue weighted by Gasteiger charge is -2.11. The van der Waals surface area contributed by atoms with Gasteiger partial charge in [0.05, 0.1) is 5.90 Å². The van der Waals surface area contributed by atoms with Gasteiger partial charge in [-0.15, -0.1) is 26.3 Å². The summed E-state index contributed by atoms with van der Waals surface area (Å²) >= 11 is 0. The first-order valence-electron chi connectivity index (χ1n) is 14.6. The summed E-state index contributed by atoms with van der Waals surface area (Å²) in [6.07, 6.45) is -5.84. The van der Waals surface area contributed by atoms with Crippen LogP contribution in [0.1, 0.15) is 22.3 Å². The molecule has 0 amide bonds. The highest BCUT2D eigenvalue weighted by Gasteiger charge is 2.31. The highest BCUT2D eigenvalue weighted by Crippen LogP contribution is 2.26. The number of aryl methyl sites for hydroxylation is 1. The van der Waals surface area contributed by atoms with Crippen molar-refractivity contribution in [2.75, 3.05) is 0 Å². The summed E-state index contributed by atoms with van der Waals surface area (Å²) in [6.45, 7) is 2.54. The van der Waals surface area contributed by atoms with Crippen LogP contribution in [0.4, 0.5) is 26.3 Å². The third kappa shape index (κ3) is 15.6. The molecule has 0 radical (unpaired) electrons. The number of aromatic nitrogens is 1. The zero-order chi connectivity index (χ0) is 37.3. The summed E-state index contributed by atoms with van der Waals surface area (Å²) in [6, 6.07) is 30.3. The van der Waals surface area contributed by atoms with E-state index in [0.717, 1.165) is 16.7 Å². The second kappa shape index (κ2) is 19.0. The molecule has 0 aliphatic heterocycles. The molecule has 0 saturated heterocycles. The maximum absolute atomic E-state index is 12.1. The van der Waals surface area contributed by atoms with Crippen LogP contribution in [0, 0.1) is 6.92 Å². The minimum Gasteiger partial charge on any atom is -0.854 e. The summed E-state index contributed by atoms with van der Waals surface area (Å²) in [4.78, 5) is 16.2. The standard InChI is InChI=1S/C20H15F3N2O3.C15H13F3O2.CO2/c21-20(22,23)28-18-10-8-17(9-11-18)27-14-15-4-6-16(7-5-15)19(26)24-25-12-2-1-3-13-25;1-11-2-4-12(5-3-11)10-19-13-6-8-14(9-7-13)20-15(16,17)18;2-1-3/h1-13H,14H2;2-9H,10H2,1H3;. The van der Waals surface area contributed by atoms with Crippen molar-refractivity contribution in [3.63, 3.8) is 0 Å². The normalized spacial score (nSPS) is 11.1. The van der Waals surface area contributed by atoms with E-state index in [9.17, 15) is 31.4 Å². The topological polar surface area (TPSA) is 110 Å². The lowest BCUT2D eigenvalue weighted by atomic mass is 10.1. The fourth-order valence-corrected chi connectivity index (χ4v) is 3.86. The summed E-state index contributed by atoms with van der Waals surface area (Å²) in [5.74, 6) is -0.0860. The predicted octanol–water partition coefficient (Wildman–Crippen LogP) is 6.91. The number of rotatable bonds is 10. The maximum atomic E-state index is 12.1. The number of benzene rings is 4. The number of nitrogens with zero attached hydrogens (tertiary/aromatic N) is 2. The number of carbonyl (C=O) groups excluding carboxylic acids is 2. The number of ether oxygens (including phenoxy) is 4. The van der Waals surface area contributed by atoms with Crippen molar-refractivity contribution in [3.05, 3.63) is 150 Å². The van der Waals surface area contributed by atoms with Crippen molar-refractivity contribution in [1.82, 2.24) is 0 Å². The number of alkyl halides is 6. The molecule has 0 aliphatic carbocycles. The third-order valence-corrected chi connectivity index (χ3v) is 6.15. The Hall–Kier alpha value is -6.34. The molecule has 5 aromatic rings. The number of pyridine rings is 1. The van der Waals surface area contributed by atoms with E-state index < -0.39 is 12.7 Å². The van der Waals surface area contributed by atoms with Gasteiger partial charge in [-0.3, -0.25) is 0 Å². The molecule has 0 N–H and O–H groups in total. The molecule has 0 aliphatic rings. The van der Waals surface area contributed by atoms with Crippen molar-refractivity contribution in [3.8, 4) is 23.0 Å². The van der Waals surface area contributed by atoms with E-state index in [2.05, 4.69) is 14.6 Å². The van der Waals surface area contributed by atoms with Crippen LogP contribution in [-0.2, 0) is 22.8 Å². The Balaban J connectivity index is 0.000000268. The van der Waals surface area contributed by atoms with Crippen LogP contribution >= 0.6 is 0 Å². The Morgan fingerprint density at radius 1 is 0.627 bits per heavy atom. The number of hydrogen-bond acceptors (Lipinski definition) is 8. The van der Waals surface area contributed by atoms with Crippen LogP contribution in [0.25, 0.3) is 0 Å². The minimum absolute atomic E-state index is 0.193. The van der Waals surface area contributed by atoms with Crippen molar-refractivity contribution in [2.24, 2.45) is 5.10 Å². The lowest BCUT2D eigenvalue weighted by Crippen LogP contribution is -2.33. The zero-order valence-corrected chi connectivity index (χ0v) is 26.6. The summed E-state index contributed by atoms with van der Waals surface area (Å²) in [7, 11) is 0. The molecular formula is C36H28F6N2O7. The van der Waals surface area contributed by atoms with Crippen molar-refractivity contribution < 1.29 is 64.7 Å². The van der Waals surface area contributed by atoms with Crippen LogP contribution in [0.5, 0.6) is 23.0 Å². The Morgan fingerprint density at radius 2 is 1.00 bits per heavy atom. The van der Waals surface area contributed by atoms with Gasteiger partial charge in [0.15, 0.2) is 0 Å². The van der Waals surface area contributed by atoms with Crippen LogP contribution in [0.3, 0.4) is 0 Å². The van der Waals surface area contributed by atoms with Crippen molar-refractivity contribution in [1.29, 1.82) is 0 Å². The minimum atomic E-state index is -4.73. The molecule has 0 unspecified atom stereocenters. The van der Waals surface area contributed by atoms with Gasteiger partial charge in [-0.2, -0.15) is 9.59 Å². The van der Waals surface area contributed by atoms with Crippen LogP contribution in [0.2, 0.25) is 0 Å². The molecule has 0 atom stereocenters. The number of halogens is 6. The molecule has 4 aromatic carbocycles. The van der Waals surface area contributed by atoms with Gasteiger partial charge in [0, 0.05) is 12.1 Å². The van der Waals surface area contributed by atoms with Gasteiger partial charge in [-0.1, -0.05) is 64.8 Å². The largest absolute Gasteiger partial charge is 0.854 e. The third-order valence-electron chi connectivity index (χ3n) is 6.15. The monoisotopic (exact) mass is 714 g/mol. The van der Waals surface area contributed by atoms with Crippen molar-refractivity contribution in [2.45, 2.75) is 32.9 Å². The van der Waals surface area contributed by atoms with Gasteiger partial charge in [0.25, 0.3) is 0 Å². The predicted molar refractivity (Wildman–Crippen MR) is 166 cm³/mol. The number of hydrogen-bond donors (Lipinski definition) is 0. The second-order valence-electron chi connectivity index (χ2n) is 10.0. The molecular weight excluding hydrogens is 686 g/mol. The van der Waals surface area contributed by atoms with E-state index in [1.54, 1.807) is 48.8 Å². The molecule has 0 spiro atoms. The zero-order valence-electron chi connectivity index (χ0n) is 26.6. The molecule has 9 nitrogen and oxygen atoms in total. The first-order valence-corrected chi connectivity index (χ1v) is 14.6. The fourth-order valence-electron chi connectivity index (χ4n) is 3.86. The van der Waals surface area contributed by atoms with E-state index in [1.165, 1.54) is 53.2 Å². The van der Waals surface area contributed by atoms with E-state index in [4.69, 9.17) is 19.1 Å². The highest BCUT2D eigenvalue weighted by molar-refractivity contribution is 5.90. The van der Waals surface area contributed by atoms with Gasteiger partial charge in [-0.25, -0.2) is 0 Å². The maximum Gasteiger partial charge on any atom is 0.573 e. The molecule has 1 aromatic heterocycles. The lowest BCUT2D eigenvalue weighted by molar-refractivity contribution is -0.681. The Kier molecular flexibility index (Phi) is 14.6. The van der Waals surface area contributed by atoms with E-state index in [0.29, 0.717) is 23.7 Å². The van der Waals surface area contributed by atoms with Gasteiger partial charge in [0.1, 0.15) is 36.2 Å². The van der Waals surface area contributed by atoms with Gasteiger partial charge >= 0.3 is 18.9 Å². The van der Waals surface area contributed by atoms with E-state index in [-0.39, 0.29) is 30.2 Å². The van der Waals surface area contributed by atoms with Crippen LogP contribution in [0.15, 0.2) is 133 Å². The molecule has 15 heteroatoms. The van der Waals surface area contributed by atoms with Crippen molar-refractivity contribution >= 4 is 12.0 Å². The highest BCUT2D eigenvalue weighted by atomic mass is 19.4.